The number of carbonyl (C=O) groups is 2. The molecule has 0 heterocycles. The predicted molar refractivity (Wildman–Crippen MR) is 279 cm³/mol. The Morgan fingerprint density at radius 1 is 0.359 bits per heavy atom. The van der Waals surface area contributed by atoms with E-state index >= 15 is 0 Å². The van der Waals surface area contributed by atoms with Gasteiger partial charge in [0.25, 0.3) is 0 Å². The summed E-state index contributed by atoms with van der Waals surface area (Å²) in [5.74, 6) is -0.438. The highest BCUT2D eigenvalue weighted by atomic mass is 16.6. The predicted octanol–water partition coefficient (Wildman–Crippen LogP) is 18.2. The fraction of sp³-hybridized carbons (Fsp3) is 0.695. The van der Waals surface area contributed by atoms with Crippen LogP contribution in [0.3, 0.4) is 0 Å². The number of esters is 2. The van der Waals surface area contributed by atoms with Crippen LogP contribution < -0.4 is 0 Å². The standard InChI is InChI=1S/C59H100O5/c1-4-7-10-13-16-19-22-25-27-29-30-31-32-35-37-40-43-46-49-52-58(60)63-56-57(64-59(61)53-50-47-44-41-38-34-24-21-18-15-12-9-6-3)55-62-54-51-48-45-42-39-36-33-28-26-23-20-17-14-11-8-5-2/h8,11-12,15-17,19-21,24-28,30-31,57H,4-7,9-10,13-14,18,22-23,29,32-56H2,1-3H3/b11-8-,15-12-,19-16-,20-17-,24-21-,27-25-,28-26-,31-30-. The molecular formula is C59H100O5. The van der Waals surface area contributed by atoms with Gasteiger partial charge >= 0.3 is 11.9 Å². The van der Waals surface area contributed by atoms with Crippen molar-refractivity contribution in [2.45, 2.75) is 245 Å². The van der Waals surface area contributed by atoms with Crippen LogP contribution in [0.15, 0.2) is 97.2 Å². The first-order valence-corrected chi connectivity index (χ1v) is 26.8. The van der Waals surface area contributed by atoms with Gasteiger partial charge in [-0.1, -0.05) is 208 Å². The summed E-state index contributed by atoms with van der Waals surface area (Å²) in [4.78, 5) is 25.4. The highest BCUT2D eigenvalue weighted by Crippen LogP contribution is 2.13. The molecule has 0 aromatic carbocycles. The van der Waals surface area contributed by atoms with E-state index in [2.05, 4.69) is 118 Å². The zero-order valence-electron chi connectivity index (χ0n) is 42.0. The van der Waals surface area contributed by atoms with Gasteiger partial charge in [-0.3, -0.25) is 9.59 Å². The van der Waals surface area contributed by atoms with Crippen molar-refractivity contribution in [3.8, 4) is 0 Å². The highest BCUT2D eigenvalue weighted by Gasteiger charge is 2.17. The Labute approximate surface area is 396 Å². The van der Waals surface area contributed by atoms with Crippen LogP contribution in [0, 0.1) is 0 Å². The summed E-state index contributed by atoms with van der Waals surface area (Å²) in [6.07, 6.45) is 72.7. The molecule has 5 nitrogen and oxygen atoms in total. The lowest BCUT2D eigenvalue weighted by Crippen LogP contribution is -2.30. The monoisotopic (exact) mass is 889 g/mol. The van der Waals surface area contributed by atoms with Gasteiger partial charge in [-0.15, -0.1) is 0 Å². The molecule has 5 heteroatoms. The van der Waals surface area contributed by atoms with E-state index in [-0.39, 0.29) is 25.2 Å². The summed E-state index contributed by atoms with van der Waals surface area (Å²) in [5, 5.41) is 0. The third kappa shape index (κ3) is 51.5. The maximum absolute atomic E-state index is 12.8. The molecule has 1 atom stereocenters. The fourth-order valence-corrected chi connectivity index (χ4v) is 7.10. The van der Waals surface area contributed by atoms with Crippen LogP contribution in [0.1, 0.15) is 239 Å². The number of unbranched alkanes of at least 4 members (excludes halogenated alkanes) is 21. The molecule has 0 saturated carbocycles. The second-order valence-corrected chi connectivity index (χ2v) is 17.4. The molecule has 0 rings (SSSR count). The van der Waals surface area contributed by atoms with Gasteiger partial charge in [-0.05, 0) is 116 Å². The zero-order chi connectivity index (χ0) is 46.3. The van der Waals surface area contributed by atoms with Crippen LogP contribution in [-0.2, 0) is 23.8 Å². The van der Waals surface area contributed by atoms with Crippen molar-refractivity contribution in [2.75, 3.05) is 19.8 Å². The lowest BCUT2D eigenvalue weighted by molar-refractivity contribution is -0.163. The van der Waals surface area contributed by atoms with E-state index in [0.717, 1.165) is 116 Å². The summed E-state index contributed by atoms with van der Waals surface area (Å²) in [7, 11) is 0. The Morgan fingerprint density at radius 2 is 0.734 bits per heavy atom. The molecule has 0 radical (unpaired) electrons. The average molecular weight is 889 g/mol. The van der Waals surface area contributed by atoms with Crippen molar-refractivity contribution < 1.29 is 23.8 Å². The minimum Gasteiger partial charge on any atom is -0.462 e. The van der Waals surface area contributed by atoms with E-state index in [0.29, 0.717) is 19.4 Å². The van der Waals surface area contributed by atoms with Gasteiger partial charge in [-0.25, -0.2) is 0 Å². The summed E-state index contributed by atoms with van der Waals surface area (Å²) in [6.45, 7) is 7.57. The molecule has 0 amide bonds. The maximum atomic E-state index is 12.8. The van der Waals surface area contributed by atoms with Gasteiger partial charge in [0.2, 0.25) is 0 Å². The Hall–Kier alpha value is -3.18. The molecule has 0 aromatic rings. The first kappa shape index (κ1) is 60.8. The third-order valence-corrected chi connectivity index (χ3v) is 11.1. The lowest BCUT2D eigenvalue weighted by Gasteiger charge is -2.18. The van der Waals surface area contributed by atoms with Gasteiger partial charge in [0, 0.05) is 19.4 Å². The normalized spacial score (nSPS) is 13.0. The Bertz CT molecular complexity index is 1230. The SMILES string of the molecule is CC/C=C\C/C=C\C/C=C\CCCCCCCCOCC(COC(=O)CCCCCCCC/C=C\C/C=C\C/C=C\CCCCC)OC(=O)CCCCCCC/C=C\C/C=C\CCC. The summed E-state index contributed by atoms with van der Waals surface area (Å²) >= 11 is 0. The van der Waals surface area contributed by atoms with Crippen LogP contribution in [0.4, 0.5) is 0 Å². The van der Waals surface area contributed by atoms with Gasteiger partial charge in [0.1, 0.15) is 6.61 Å². The first-order valence-electron chi connectivity index (χ1n) is 26.8. The second kappa shape index (κ2) is 54.2. The van der Waals surface area contributed by atoms with Crippen molar-refractivity contribution in [1.82, 2.24) is 0 Å². The lowest BCUT2D eigenvalue weighted by atomic mass is 10.1. The van der Waals surface area contributed by atoms with Crippen LogP contribution >= 0.6 is 0 Å². The molecule has 0 aliphatic carbocycles. The van der Waals surface area contributed by atoms with Crippen LogP contribution in [0.2, 0.25) is 0 Å². The second-order valence-electron chi connectivity index (χ2n) is 17.4. The molecule has 366 valence electrons. The Morgan fingerprint density at radius 3 is 1.19 bits per heavy atom. The maximum Gasteiger partial charge on any atom is 0.306 e. The number of rotatable bonds is 48. The zero-order valence-corrected chi connectivity index (χ0v) is 42.0. The largest absolute Gasteiger partial charge is 0.462 e. The number of ether oxygens (including phenoxy) is 3. The molecule has 0 spiro atoms. The van der Waals surface area contributed by atoms with E-state index < -0.39 is 6.10 Å². The van der Waals surface area contributed by atoms with Gasteiger partial charge < -0.3 is 14.2 Å². The Balaban J connectivity index is 4.33. The van der Waals surface area contributed by atoms with E-state index in [1.165, 1.54) is 89.9 Å². The Kier molecular flexibility index (Phi) is 51.5. The molecule has 0 bridgehead atoms. The van der Waals surface area contributed by atoms with Crippen molar-refractivity contribution in [3.63, 3.8) is 0 Å². The minimum atomic E-state index is -0.561. The van der Waals surface area contributed by atoms with Gasteiger partial charge in [-0.2, -0.15) is 0 Å². The smallest absolute Gasteiger partial charge is 0.306 e. The fourth-order valence-electron chi connectivity index (χ4n) is 7.10. The molecule has 1 unspecified atom stereocenters. The van der Waals surface area contributed by atoms with Crippen LogP contribution in [0.25, 0.3) is 0 Å². The molecule has 0 saturated heterocycles. The molecule has 64 heavy (non-hydrogen) atoms. The van der Waals surface area contributed by atoms with E-state index in [1.54, 1.807) is 0 Å². The quantitative estimate of drug-likeness (QED) is 0.0346. The number of hydrogen-bond acceptors (Lipinski definition) is 5. The molecule has 0 N–H and O–H groups in total. The average Bonchev–Trinajstić information content (AvgIpc) is 3.30. The van der Waals surface area contributed by atoms with Crippen molar-refractivity contribution >= 4 is 11.9 Å². The van der Waals surface area contributed by atoms with Crippen molar-refractivity contribution in [1.29, 1.82) is 0 Å². The van der Waals surface area contributed by atoms with E-state index in [9.17, 15) is 9.59 Å². The number of carbonyl (C=O) groups excluding carboxylic acids is 2. The van der Waals surface area contributed by atoms with Gasteiger partial charge in [0.05, 0.1) is 6.61 Å². The highest BCUT2D eigenvalue weighted by molar-refractivity contribution is 5.70. The third-order valence-electron chi connectivity index (χ3n) is 11.1. The molecule has 0 fully saturated rings. The number of allylic oxidation sites excluding steroid dienone is 16. The molecular weight excluding hydrogens is 789 g/mol. The first-order chi connectivity index (χ1) is 31.6. The van der Waals surface area contributed by atoms with Crippen molar-refractivity contribution in [2.24, 2.45) is 0 Å². The van der Waals surface area contributed by atoms with Crippen molar-refractivity contribution in [3.05, 3.63) is 97.2 Å². The topological polar surface area (TPSA) is 61.8 Å². The molecule has 0 aliphatic rings. The molecule has 0 aromatic heterocycles. The number of hydrogen-bond donors (Lipinski definition) is 0. The summed E-state index contributed by atoms with van der Waals surface area (Å²) in [6, 6.07) is 0. The molecule has 0 aliphatic heterocycles. The van der Waals surface area contributed by atoms with E-state index in [1.807, 2.05) is 0 Å². The van der Waals surface area contributed by atoms with Crippen LogP contribution in [-0.4, -0.2) is 37.9 Å². The van der Waals surface area contributed by atoms with E-state index in [4.69, 9.17) is 14.2 Å². The van der Waals surface area contributed by atoms with Crippen LogP contribution in [0.5, 0.6) is 0 Å². The minimum absolute atomic E-state index is 0.0625. The summed E-state index contributed by atoms with van der Waals surface area (Å²) in [5.41, 5.74) is 0. The van der Waals surface area contributed by atoms with Gasteiger partial charge in [0.15, 0.2) is 6.10 Å². The summed E-state index contributed by atoms with van der Waals surface area (Å²) < 4.78 is 17.4.